The van der Waals surface area contributed by atoms with Gasteiger partial charge in [-0.25, -0.2) is 0 Å². The molecule has 0 spiro atoms. The fraction of sp³-hybridized carbons (Fsp3) is 0.421. The Morgan fingerprint density at radius 1 is 1.32 bits per heavy atom. The number of allylic oxidation sites excluding steroid dienone is 1. The van der Waals surface area contributed by atoms with Gasteiger partial charge in [-0.15, -0.1) is 0 Å². The molecular formula is C19H25NO2. The topological polar surface area (TPSA) is 38.3 Å². The molecule has 118 valence electrons. The predicted octanol–water partition coefficient (Wildman–Crippen LogP) is 4.26. The Labute approximate surface area is 133 Å². The van der Waals surface area contributed by atoms with Crippen LogP contribution in [0.1, 0.15) is 49.4 Å². The summed E-state index contributed by atoms with van der Waals surface area (Å²) >= 11 is 0. The average molecular weight is 299 g/mol. The Balaban J connectivity index is 1.88. The first-order chi connectivity index (χ1) is 10.7. The summed E-state index contributed by atoms with van der Waals surface area (Å²) in [6, 6.07) is 7.34. The van der Waals surface area contributed by atoms with Gasteiger partial charge in [0.1, 0.15) is 12.4 Å². The van der Waals surface area contributed by atoms with Crippen molar-refractivity contribution in [2.24, 2.45) is 0 Å². The summed E-state index contributed by atoms with van der Waals surface area (Å²) in [5.74, 6) is 0.536. The highest BCUT2D eigenvalue weighted by molar-refractivity contribution is 5.96. The number of amides is 1. The summed E-state index contributed by atoms with van der Waals surface area (Å²) < 4.78 is 5.64. The van der Waals surface area contributed by atoms with Crippen molar-refractivity contribution in [3.63, 3.8) is 0 Å². The van der Waals surface area contributed by atoms with E-state index in [1.54, 1.807) is 6.07 Å². The second-order valence-corrected chi connectivity index (χ2v) is 5.86. The molecular weight excluding hydrogens is 274 g/mol. The summed E-state index contributed by atoms with van der Waals surface area (Å²) in [4.78, 5) is 12.3. The number of nitrogens with one attached hydrogen (secondary N) is 1. The molecule has 3 heteroatoms. The molecule has 1 aromatic carbocycles. The second kappa shape index (κ2) is 8.42. The molecule has 0 aromatic heterocycles. The lowest BCUT2D eigenvalue weighted by molar-refractivity contribution is 0.0950. The van der Waals surface area contributed by atoms with Crippen LogP contribution in [0.25, 0.3) is 0 Å². The van der Waals surface area contributed by atoms with Crippen molar-refractivity contribution < 1.29 is 9.53 Å². The Hall–Kier alpha value is -2.03. The highest BCUT2D eigenvalue weighted by Gasteiger charge is 2.12. The number of hydrogen-bond acceptors (Lipinski definition) is 2. The molecule has 1 aliphatic carbocycles. The van der Waals surface area contributed by atoms with Gasteiger partial charge in [-0.2, -0.15) is 0 Å². The Bertz CT molecular complexity index is 560. The number of carbonyl (C=O) groups excluding carboxylic acids is 1. The number of ether oxygens (including phenoxy) is 1. The van der Waals surface area contributed by atoms with Gasteiger partial charge < -0.3 is 10.1 Å². The molecule has 0 radical (unpaired) electrons. The zero-order valence-corrected chi connectivity index (χ0v) is 13.4. The molecule has 2 rings (SSSR count). The largest absolute Gasteiger partial charge is 0.488 e. The number of benzene rings is 1. The van der Waals surface area contributed by atoms with E-state index >= 15 is 0 Å². The Kier molecular flexibility index (Phi) is 6.26. The molecule has 22 heavy (non-hydrogen) atoms. The van der Waals surface area contributed by atoms with Gasteiger partial charge in [-0.1, -0.05) is 30.4 Å². The molecule has 0 aliphatic heterocycles. The van der Waals surface area contributed by atoms with Crippen LogP contribution in [0.2, 0.25) is 0 Å². The summed E-state index contributed by atoms with van der Waals surface area (Å²) in [5, 5.41) is 2.99. The number of rotatable bonds is 7. The van der Waals surface area contributed by atoms with Crippen molar-refractivity contribution in [1.29, 1.82) is 0 Å². The van der Waals surface area contributed by atoms with Gasteiger partial charge in [0.25, 0.3) is 5.91 Å². The molecule has 0 saturated carbocycles. The maximum atomic E-state index is 12.3. The van der Waals surface area contributed by atoms with Gasteiger partial charge >= 0.3 is 0 Å². The minimum absolute atomic E-state index is 0.0753. The van der Waals surface area contributed by atoms with E-state index in [0.29, 0.717) is 24.5 Å². The molecule has 3 nitrogen and oxygen atoms in total. The van der Waals surface area contributed by atoms with Crippen LogP contribution in [0.5, 0.6) is 5.75 Å². The van der Waals surface area contributed by atoms with Gasteiger partial charge in [-0.3, -0.25) is 4.79 Å². The molecule has 0 heterocycles. The maximum absolute atomic E-state index is 12.3. The number of para-hydroxylation sites is 1. The van der Waals surface area contributed by atoms with E-state index in [1.165, 1.54) is 31.3 Å². The van der Waals surface area contributed by atoms with Gasteiger partial charge in [0.05, 0.1) is 5.56 Å². The average Bonchev–Trinajstić information content (AvgIpc) is 2.54. The van der Waals surface area contributed by atoms with Crippen molar-refractivity contribution in [2.75, 3.05) is 13.2 Å². The van der Waals surface area contributed by atoms with Crippen molar-refractivity contribution in [1.82, 2.24) is 5.32 Å². The van der Waals surface area contributed by atoms with E-state index in [1.807, 2.05) is 25.1 Å². The van der Waals surface area contributed by atoms with Crippen molar-refractivity contribution in [2.45, 2.75) is 39.0 Å². The molecule has 1 aromatic rings. The lowest BCUT2D eigenvalue weighted by Gasteiger charge is -2.14. The third-order valence-electron chi connectivity index (χ3n) is 3.72. The first-order valence-electron chi connectivity index (χ1n) is 7.99. The van der Waals surface area contributed by atoms with E-state index in [0.717, 1.165) is 12.0 Å². The minimum atomic E-state index is -0.0753. The fourth-order valence-corrected chi connectivity index (χ4v) is 2.54. The molecule has 1 N–H and O–H groups in total. The SMILES string of the molecule is C=C(C)COc1ccccc1C(=O)NCCC1=CCCCC1. The Morgan fingerprint density at radius 3 is 2.86 bits per heavy atom. The third kappa shape index (κ3) is 5.06. The summed E-state index contributed by atoms with van der Waals surface area (Å²) in [7, 11) is 0. The minimum Gasteiger partial charge on any atom is -0.488 e. The highest BCUT2D eigenvalue weighted by atomic mass is 16.5. The normalized spacial score (nSPS) is 14.1. The summed E-state index contributed by atoms with van der Waals surface area (Å²) in [6.07, 6.45) is 8.19. The molecule has 0 unspecified atom stereocenters. The van der Waals surface area contributed by atoms with Crippen molar-refractivity contribution in [3.8, 4) is 5.75 Å². The zero-order chi connectivity index (χ0) is 15.8. The van der Waals surface area contributed by atoms with Crippen LogP contribution in [0.4, 0.5) is 0 Å². The third-order valence-corrected chi connectivity index (χ3v) is 3.72. The van der Waals surface area contributed by atoms with Crippen LogP contribution in [0.15, 0.2) is 48.1 Å². The molecule has 1 aliphatic rings. The van der Waals surface area contributed by atoms with Crippen molar-refractivity contribution in [3.05, 3.63) is 53.6 Å². The smallest absolute Gasteiger partial charge is 0.255 e. The molecule has 1 amide bonds. The molecule has 0 saturated heterocycles. The van der Waals surface area contributed by atoms with E-state index in [4.69, 9.17) is 4.74 Å². The highest BCUT2D eigenvalue weighted by Crippen LogP contribution is 2.20. The molecule has 0 atom stereocenters. The van der Waals surface area contributed by atoms with E-state index in [9.17, 15) is 4.79 Å². The van der Waals surface area contributed by atoms with Crippen LogP contribution in [0, 0.1) is 0 Å². The first-order valence-corrected chi connectivity index (χ1v) is 7.99. The molecule has 0 fully saturated rings. The van der Waals surface area contributed by atoms with Crippen LogP contribution in [0.3, 0.4) is 0 Å². The van der Waals surface area contributed by atoms with Crippen LogP contribution in [-0.2, 0) is 0 Å². The number of carbonyl (C=O) groups is 1. The predicted molar refractivity (Wildman–Crippen MR) is 90.3 cm³/mol. The van der Waals surface area contributed by atoms with Crippen LogP contribution < -0.4 is 10.1 Å². The summed E-state index contributed by atoms with van der Waals surface area (Å²) in [5.41, 5.74) is 2.99. The van der Waals surface area contributed by atoms with Crippen molar-refractivity contribution >= 4 is 5.91 Å². The van der Waals surface area contributed by atoms with E-state index in [-0.39, 0.29) is 5.91 Å². The summed E-state index contributed by atoms with van der Waals surface area (Å²) in [6.45, 7) is 6.83. The Morgan fingerprint density at radius 2 is 2.14 bits per heavy atom. The number of hydrogen-bond donors (Lipinski definition) is 1. The standard InChI is InChI=1S/C19H25NO2/c1-15(2)14-22-18-11-7-6-10-17(18)19(21)20-13-12-16-8-4-3-5-9-16/h6-8,10-11H,1,3-5,9,12-14H2,2H3,(H,20,21). The molecule has 0 bridgehead atoms. The first kappa shape index (κ1) is 16.3. The quantitative estimate of drug-likeness (QED) is 0.764. The van der Waals surface area contributed by atoms with Gasteiger partial charge in [-0.05, 0) is 56.7 Å². The second-order valence-electron chi connectivity index (χ2n) is 5.86. The van der Waals surface area contributed by atoms with Gasteiger partial charge in [0.2, 0.25) is 0 Å². The fourth-order valence-electron chi connectivity index (χ4n) is 2.54. The van der Waals surface area contributed by atoms with Crippen LogP contribution in [-0.4, -0.2) is 19.1 Å². The van der Waals surface area contributed by atoms with Crippen LogP contribution >= 0.6 is 0 Å². The van der Waals surface area contributed by atoms with E-state index < -0.39 is 0 Å². The van der Waals surface area contributed by atoms with Gasteiger partial charge in [0.15, 0.2) is 0 Å². The lowest BCUT2D eigenvalue weighted by Crippen LogP contribution is -2.25. The zero-order valence-electron chi connectivity index (χ0n) is 13.4. The maximum Gasteiger partial charge on any atom is 0.255 e. The van der Waals surface area contributed by atoms with Gasteiger partial charge in [0, 0.05) is 6.54 Å². The monoisotopic (exact) mass is 299 g/mol. The van der Waals surface area contributed by atoms with E-state index in [2.05, 4.69) is 18.0 Å². The lowest BCUT2D eigenvalue weighted by atomic mass is 9.97.